The number of nitrogens with zero attached hydrogens (tertiary/aromatic N) is 1. The number of hydrogen-bond acceptors (Lipinski definition) is 2. The molecule has 158 valence electrons. The summed E-state index contributed by atoms with van der Waals surface area (Å²) < 4.78 is 14.2. The Hall–Kier alpha value is -3.47. The van der Waals surface area contributed by atoms with Gasteiger partial charge >= 0.3 is 0 Å². The Morgan fingerprint density at radius 3 is 2.32 bits per heavy atom. The molecule has 1 aliphatic heterocycles. The van der Waals surface area contributed by atoms with Gasteiger partial charge in [-0.25, -0.2) is 4.39 Å². The van der Waals surface area contributed by atoms with Gasteiger partial charge in [-0.15, -0.1) is 0 Å². The summed E-state index contributed by atoms with van der Waals surface area (Å²) in [5.41, 5.74) is 3.44. The van der Waals surface area contributed by atoms with Gasteiger partial charge < -0.3 is 10.2 Å². The number of carbonyl (C=O) groups is 2. The molecule has 0 aromatic heterocycles. The zero-order chi connectivity index (χ0) is 22.2. The number of halogens is 1. The third-order valence-electron chi connectivity index (χ3n) is 5.58. The van der Waals surface area contributed by atoms with Crippen LogP contribution in [0.1, 0.15) is 53.9 Å². The van der Waals surface area contributed by atoms with E-state index in [-0.39, 0.29) is 23.8 Å². The van der Waals surface area contributed by atoms with Crippen LogP contribution in [0.3, 0.4) is 0 Å². The van der Waals surface area contributed by atoms with E-state index in [1.807, 2.05) is 42.5 Å². The summed E-state index contributed by atoms with van der Waals surface area (Å²) >= 11 is 0. The lowest BCUT2D eigenvalue weighted by Gasteiger charge is -2.31. The summed E-state index contributed by atoms with van der Waals surface area (Å²) in [6.45, 7) is 6.20. The Kier molecular flexibility index (Phi) is 5.36. The number of carbonyl (C=O) groups excluding carboxylic acids is 2. The van der Waals surface area contributed by atoms with E-state index in [2.05, 4.69) is 26.1 Å². The third kappa shape index (κ3) is 4.22. The first-order chi connectivity index (χ1) is 14.7. The molecule has 1 N–H and O–H groups in total. The molecule has 31 heavy (non-hydrogen) atoms. The first-order valence-electron chi connectivity index (χ1n) is 10.3. The Balaban J connectivity index is 1.82. The average molecular weight is 416 g/mol. The molecule has 0 saturated heterocycles. The largest absolute Gasteiger partial charge is 0.324 e. The molecule has 4 nitrogen and oxygen atoms in total. The Morgan fingerprint density at radius 1 is 1.00 bits per heavy atom. The zero-order valence-electron chi connectivity index (χ0n) is 17.9. The maximum Gasteiger partial charge on any atom is 0.255 e. The highest BCUT2D eigenvalue weighted by Gasteiger charge is 2.34. The van der Waals surface area contributed by atoms with Gasteiger partial charge in [0.05, 0.1) is 6.04 Å². The SMILES string of the molecule is CC(C)(C)c1ccc(C(=O)N2CC(=O)Nc3ccc(F)cc3C2c2ccccc2)cc1. The lowest BCUT2D eigenvalue weighted by molar-refractivity contribution is -0.117. The van der Waals surface area contributed by atoms with Crippen molar-refractivity contribution in [3.8, 4) is 0 Å². The molecule has 3 aromatic rings. The van der Waals surface area contributed by atoms with Crippen molar-refractivity contribution in [2.75, 3.05) is 11.9 Å². The van der Waals surface area contributed by atoms with Crippen LogP contribution >= 0.6 is 0 Å². The lowest BCUT2D eigenvalue weighted by Crippen LogP contribution is -2.39. The lowest BCUT2D eigenvalue weighted by atomic mass is 9.86. The molecule has 0 bridgehead atoms. The van der Waals surface area contributed by atoms with Crippen LogP contribution in [0.25, 0.3) is 0 Å². The van der Waals surface area contributed by atoms with Crippen molar-refractivity contribution < 1.29 is 14.0 Å². The van der Waals surface area contributed by atoms with Gasteiger partial charge in [-0.1, -0.05) is 63.2 Å². The summed E-state index contributed by atoms with van der Waals surface area (Å²) in [5.74, 6) is -1.01. The maximum atomic E-state index is 14.2. The summed E-state index contributed by atoms with van der Waals surface area (Å²) in [6.07, 6.45) is 0. The summed E-state index contributed by atoms with van der Waals surface area (Å²) in [4.78, 5) is 27.7. The minimum atomic E-state index is -0.597. The van der Waals surface area contributed by atoms with Gasteiger partial charge in [-0.2, -0.15) is 0 Å². The monoisotopic (exact) mass is 416 g/mol. The molecule has 3 aromatic carbocycles. The van der Waals surface area contributed by atoms with E-state index in [0.717, 1.165) is 11.1 Å². The molecule has 2 amide bonds. The second kappa shape index (κ2) is 7.99. The van der Waals surface area contributed by atoms with E-state index < -0.39 is 11.9 Å². The fourth-order valence-electron chi connectivity index (χ4n) is 3.94. The Labute approximate surface area is 181 Å². The average Bonchev–Trinajstić information content (AvgIpc) is 2.89. The molecule has 1 heterocycles. The Bertz CT molecular complexity index is 1120. The second-order valence-corrected chi connectivity index (χ2v) is 8.85. The molecule has 0 spiro atoms. The van der Waals surface area contributed by atoms with Gasteiger partial charge in [-0.3, -0.25) is 9.59 Å². The topological polar surface area (TPSA) is 49.4 Å². The van der Waals surface area contributed by atoms with Crippen LogP contribution in [-0.2, 0) is 10.2 Å². The van der Waals surface area contributed by atoms with E-state index in [1.54, 1.807) is 18.2 Å². The molecule has 5 heteroatoms. The molecule has 4 rings (SSSR count). The number of nitrogens with one attached hydrogen (secondary N) is 1. The summed E-state index contributed by atoms with van der Waals surface area (Å²) in [7, 11) is 0. The van der Waals surface area contributed by atoms with Gasteiger partial charge in [0.1, 0.15) is 12.4 Å². The van der Waals surface area contributed by atoms with E-state index in [9.17, 15) is 14.0 Å². The van der Waals surface area contributed by atoms with Crippen LogP contribution in [0.5, 0.6) is 0 Å². The second-order valence-electron chi connectivity index (χ2n) is 8.85. The third-order valence-corrected chi connectivity index (χ3v) is 5.58. The predicted molar refractivity (Wildman–Crippen MR) is 119 cm³/mol. The standard InChI is InChI=1S/C26H25FN2O2/c1-26(2,3)19-11-9-18(10-12-19)25(31)29-16-23(30)28-22-14-13-20(27)15-21(22)24(29)17-7-5-4-6-8-17/h4-15,24H,16H2,1-3H3,(H,28,30). The number of hydrogen-bond donors (Lipinski definition) is 1. The van der Waals surface area contributed by atoms with E-state index >= 15 is 0 Å². The minimum absolute atomic E-state index is 0.0346. The zero-order valence-corrected chi connectivity index (χ0v) is 17.9. The number of amides is 2. The van der Waals surface area contributed by atoms with Crippen LogP contribution in [-0.4, -0.2) is 23.3 Å². The van der Waals surface area contributed by atoms with Gasteiger partial charge in [0, 0.05) is 16.8 Å². The van der Waals surface area contributed by atoms with Crippen LogP contribution in [0.15, 0.2) is 72.8 Å². The van der Waals surface area contributed by atoms with Crippen LogP contribution < -0.4 is 5.32 Å². The molecular formula is C26H25FN2O2. The van der Waals surface area contributed by atoms with Crippen molar-refractivity contribution >= 4 is 17.5 Å². The molecule has 0 fully saturated rings. The number of rotatable bonds is 2. The fraction of sp³-hybridized carbons (Fsp3) is 0.231. The van der Waals surface area contributed by atoms with E-state index in [1.165, 1.54) is 17.0 Å². The van der Waals surface area contributed by atoms with Crippen molar-refractivity contribution in [2.45, 2.75) is 32.2 Å². The number of benzene rings is 3. The normalized spacial score (nSPS) is 16.3. The van der Waals surface area contributed by atoms with E-state index in [0.29, 0.717) is 16.8 Å². The predicted octanol–water partition coefficient (Wildman–Crippen LogP) is 5.31. The molecule has 1 atom stereocenters. The molecule has 1 aliphatic rings. The van der Waals surface area contributed by atoms with Gasteiger partial charge in [0.2, 0.25) is 5.91 Å². The first kappa shape index (κ1) is 20.8. The van der Waals surface area contributed by atoms with Crippen molar-refractivity contribution in [3.63, 3.8) is 0 Å². The molecule has 0 radical (unpaired) electrons. The highest BCUT2D eigenvalue weighted by atomic mass is 19.1. The quantitative estimate of drug-likeness (QED) is 0.616. The van der Waals surface area contributed by atoms with Gasteiger partial charge in [0.15, 0.2) is 0 Å². The van der Waals surface area contributed by atoms with Crippen LogP contribution in [0, 0.1) is 5.82 Å². The van der Waals surface area contributed by atoms with Crippen molar-refractivity contribution in [1.82, 2.24) is 4.90 Å². The fourth-order valence-corrected chi connectivity index (χ4v) is 3.94. The summed E-state index contributed by atoms with van der Waals surface area (Å²) in [6, 6.07) is 20.5. The molecular weight excluding hydrogens is 391 g/mol. The summed E-state index contributed by atoms with van der Waals surface area (Å²) in [5, 5.41) is 2.82. The molecule has 0 saturated carbocycles. The van der Waals surface area contributed by atoms with Crippen LogP contribution in [0.2, 0.25) is 0 Å². The number of fused-ring (bicyclic) bond motifs is 1. The smallest absolute Gasteiger partial charge is 0.255 e. The highest BCUT2D eigenvalue weighted by molar-refractivity contribution is 6.01. The van der Waals surface area contributed by atoms with Gasteiger partial charge in [0.25, 0.3) is 5.91 Å². The maximum absolute atomic E-state index is 14.2. The molecule has 0 aliphatic carbocycles. The Morgan fingerprint density at radius 2 is 1.68 bits per heavy atom. The first-order valence-corrected chi connectivity index (χ1v) is 10.3. The highest BCUT2D eigenvalue weighted by Crippen LogP contribution is 2.37. The van der Waals surface area contributed by atoms with Crippen molar-refractivity contribution in [1.29, 1.82) is 0 Å². The van der Waals surface area contributed by atoms with Crippen LogP contribution in [0.4, 0.5) is 10.1 Å². The van der Waals surface area contributed by atoms with E-state index in [4.69, 9.17) is 0 Å². The van der Waals surface area contributed by atoms with Crippen molar-refractivity contribution in [2.24, 2.45) is 0 Å². The minimum Gasteiger partial charge on any atom is -0.324 e. The van der Waals surface area contributed by atoms with Gasteiger partial charge in [-0.05, 0) is 46.9 Å². The van der Waals surface area contributed by atoms with Crippen molar-refractivity contribution in [3.05, 3.63) is 101 Å². The number of anilines is 1. The molecule has 1 unspecified atom stereocenters.